The fourth-order valence-corrected chi connectivity index (χ4v) is 4.60. The Bertz CT molecular complexity index is 1140. The summed E-state index contributed by atoms with van der Waals surface area (Å²) in [6.07, 6.45) is 0.419. The maximum Gasteiger partial charge on any atom is 0.227 e. The van der Waals surface area contributed by atoms with Crippen molar-refractivity contribution in [3.8, 4) is 17.2 Å². The zero-order valence-corrected chi connectivity index (χ0v) is 18.9. The van der Waals surface area contributed by atoms with Gasteiger partial charge in [0, 0.05) is 6.07 Å². The summed E-state index contributed by atoms with van der Waals surface area (Å²) < 4.78 is 38.9. The molecule has 2 aromatic carbocycles. The molecular formula is C22H27N3O4S. The molecule has 0 fully saturated rings. The summed E-state index contributed by atoms with van der Waals surface area (Å²) in [4.78, 5) is 0.190. The fourth-order valence-electron chi connectivity index (χ4n) is 3.20. The number of hydrogen-bond donors (Lipinski definition) is 0. The van der Waals surface area contributed by atoms with Gasteiger partial charge < -0.3 is 9.47 Å². The molecule has 8 heteroatoms. The molecule has 160 valence electrons. The Morgan fingerprint density at radius 2 is 1.67 bits per heavy atom. The first-order chi connectivity index (χ1) is 14.1. The zero-order valence-electron chi connectivity index (χ0n) is 18.1. The van der Waals surface area contributed by atoms with E-state index in [1.807, 2.05) is 19.1 Å². The second kappa shape index (κ2) is 8.10. The number of sulfone groups is 1. The number of nitrogens with zero attached hydrogens (tertiary/aromatic N) is 3. The van der Waals surface area contributed by atoms with Crippen molar-refractivity contribution < 1.29 is 17.9 Å². The predicted octanol–water partition coefficient (Wildman–Crippen LogP) is 3.98. The second-order valence-electron chi connectivity index (χ2n) is 7.92. The van der Waals surface area contributed by atoms with Gasteiger partial charge in [0.25, 0.3) is 0 Å². The minimum Gasteiger partial charge on any atom is -0.497 e. The third-order valence-electron chi connectivity index (χ3n) is 4.96. The molecule has 0 amide bonds. The molecular weight excluding hydrogens is 402 g/mol. The van der Waals surface area contributed by atoms with Crippen LogP contribution in [-0.2, 0) is 21.7 Å². The molecule has 30 heavy (non-hydrogen) atoms. The van der Waals surface area contributed by atoms with Crippen LogP contribution >= 0.6 is 0 Å². The summed E-state index contributed by atoms with van der Waals surface area (Å²) in [6.45, 7) is 8.11. The summed E-state index contributed by atoms with van der Waals surface area (Å²) in [5.41, 5.74) is 2.03. The van der Waals surface area contributed by atoms with Crippen LogP contribution in [0.3, 0.4) is 0 Å². The SMILES string of the molecule is CCc1c(S(=O)(=O)c2ccc(C(C)(C)C)cc2)nnn1-c1cc(OC)ccc1OC. The quantitative estimate of drug-likeness (QED) is 0.589. The molecule has 0 aliphatic heterocycles. The Hall–Kier alpha value is -2.87. The molecule has 1 aromatic heterocycles. The first-order valence-electron chi connectivity index (χ1n) is 9.66. The molecule has 0 bridgehead atoms. The third kappa shape index (κ3) is 3.92. The predicted molar refractivity (Wildman–Crippen MR) is 114 cm³/mol. The van der Waals surface area contributed by atoms with Crippen molar-refractivity contribution in [3.63, 3.8) is 0 Å². The van der Waals surface area contributed by atoms with Crippen molar-refractivity contribution in [2.45, 2.75) is 49.5 Å². The molecule has 3 rings (SSSR count). The molecule has 0 atom stereocenters. The molecule has 1 heterocycles. The molecule has 0 saturated heterocycles. The van der Waals surface area contributed by atoms with Crippen molar-refractivity contribution in [3.05, 3.63) is 53.7 Å². The van der Waals surface area contributed by atoms with Crippen LogP contribution in [-0.4, -0.2) is 37.6 Å². The number of rotatable bonds is 6. The van der Waals surface area contributed by atoms with Gasteiger partial charge >= 0.3 is 0 Å². The minimum atomic E-state index is -3.83. The van der Waals surface area contributed by atoms with Crippen molar-refractivity contribution in [2.24, 2.45) is 0 Å². The molecule has 0 unspecified atom stereocenters. The van der Waals surface area contributed by atoms with Gasteiger partial charge in [-0.05, 0) is 41.7 Å². The molecule has 0 aliphatic rings. The van der Waals surface area contributed by atoms with Crippen LogP contribution in [0.4, 0.5) is 0 Å². The molecule has 3 aromatic rings. The normalized spacial score (nSPS) is 12.1. The average Bonchev–Trinajstić information content (AvgIpc) is 3.17. The lowest BCUT2D eigenvalue weighted by molar-refractivity contribution is 0.400. The highest BCUT2D eigenvalue weighted by Gasteiger charge is 2.28. The van der Waals surface area contributed by atoms with E-state index in [4.69, 9.17) is 9.47 Å². The largest absolute Gasteiger partial charge is 0.497 e. The number of methoxy groups -OCH3 is 2. The minimum absolute atomic E-state index is 0.0571. The van der Waals surface area contributed by atoms with Gasteiger partial charge in [0.1, 0.15) is 17.2 Å². The first kappa shape index (κ1) is 21.8. The van der Waals surface area contributed by atoms with Crippen LogP contribution in [0, 0.1) is 0 Å². The van der Waals surface area contributed by atoms with Gasteiger partial charge in [0.2, 0.25) is 14.9 Å². The van der Waals surface area contributed by atoms with E-state index in [-0.39, 0.29) is 15.3 Å². The Balaban J connectivity index is 2.12. The molecule has 0 saturated carbocycles. The van der Waals surface area contributed by atoms with Crippen LogP contribution in [0.25, 0.3) is 5.69 Å². The molecule has 0 spiro atoms. The maximum atomic E-state index is 13.3. The lowest BCUT2D eigenvalue weighted by Gasteiger charge is -2.19. The monoisotopic (exact) mass is 429 g/mol. The number of ether oxygens (including phenoxy) is 2. The standard InChI is InChI=1S/C22H27N3O4S/c1-7-18-21(30(26,27)17-11-8-15(9-12-17)22(2,3)4)23-24-25(18)19-14-16(28-5)10-13-20(19)29-6/h8-14H,7H2,1-6H3. The Labute approximate surface area is 177 Å². The molecule has 0 N–H and O–H groups in total. The van der Waals surface area contributed by atoms with E-state index < -0.39 is 9.84 Å². The van der Waals surface area contributed by atoms with E-state index in [1.165, 1.54) is 4.68 Å². The number of aromatic nitrogens is 3. The summed E-state index contributed by atoms with van der Waals surface area (Å²) in [6, 6.07) is 12.2. The second-order valence-corrected chi connectivity index (χ2v) is 9.79. The lowest BCUT2D eigenvalue weighted by atomic mass is 9.87. The van der Waals surface area contributed by atoms with E-state index in [9.17, 15) is 8.42 Å². The van der Waals surface area contributed by atoms with Crippen molar-refractivity contribution in [2.75, 3.05) is 14.2 Å². The first-order valence-corrected chi connectivity index (χ1v) is 11.1. The maximum absolute atomic E-state index is 13.3. The molecule has 7 nitrogen and oxygen atoms in total. The van der Waals surface area contributed by atoms with Crippen LogP contribution in [0.2, 0.25) is 0 Å². The van der Waals surface area contributed by atoms with Crippen LogP contribution < -0.4 is 9.47 Å². The van der Waals surface area contributed by atoms with Gasteiger partial charge in [-0.15, -0.1) is 5.10 Å². The Morgan fingerprint density at radius 1 is 1.00 bits per heavy atom. The van der Waals surface area contributed by atoms with Crippen LogP contribution in [0.15, 0.2) is 52.4 Å². The highest BCUT2D eigenvalue weighted by molar-refractivity contribution is 7.91. The highest BCUT2D eigenvalue weighted by Crippen LogP contribution is 2.31. The molecule has 0 aliphatic carbocycles. The molecule has 0 radical (unpaired) electrons. The van der Waals surface area contributed by atoms with E-state index in [0.29, 0.717) is 29.3 Å². The summed E-state index contributed by atoms with van der Waals surface area (Å²) in [5, 5.41) is 8.13. The van der Waals surface area contributed by atoms with Crippen LogP contribution in [0.5, 0.6) is 11.5 Å². The van der Waals surface area contributed by atoms with Gasteiger partial charge in [-0.1, -0.05) is 45.0 Å². The van der Waals surface area contributed by atoms with E-state index in [2.05, 4.69) is 31.1 Å². The van der Waals surface area contributed by atoms with Crippen molar-refractivity contribution >= 4 is 9.84 Å². The van der Waals surface area contributed by atoms with Gasteiger partial charge in [-0.25, -0.2) is 13.1 Å². The third-order valence-corrected chi connectivity index (χ3v) is 6.68. The Morgan fingerprint density at radius 3 is 2.20 bits per heavy atom. The van der Waals surface area contributed by atoms with E-state index in [1.54, 1.807) is 44.6 Å². The summed E-state index contributed by atoms with van der Waals surface area (Å²) in [7, 11) is -0.729. The zero-order chi connectivity index (χ0) is 22.1. The van der Waals surface area contributed by atoms with Gasteiger partial charge in [-0.2, -0.15) is 0 Å². The summed E-state index contributed by atoms with van der Waals surface area (Å²) in [5.74, 6) is 1.14. The van der Waals surface area contributed by atoms with E-state index in [0.717, 1.165) is 5.56 Å². The van der Waals surface area contributed by atoms with E-state index >= 15 is 0 Å². The van der Waals surface area contributed by atoms with Crippen molar-refractivity contribution in [1.29, 1.82) is 0 Å². The highest BCUT2D eigenvalue weighted by atomic mass is 32.2. The number of benzene rings is 2. The topological polar surface area (TPSA) is 83.3 Å². The average molecular weight is 430 g/mol. The Kier molecular flexibility index (Phi) is 5.90. The van der Waals surface area contributed by atoms with Gasteiger partial charge in [0.15, 0.2) is 0 Å². The van der Waals surface area contributed by atoms with Gasteiger partial charge in [0.05, 0.1) is 24.8 Å². The van der Waals surface area contributed by atoms with Crippen molar-refractivity contribution in [1.82, 2.24) is 15.0 Å². The number of hydrogen-bond acceptors (Lipinski definition) is 6. The lowest BCUT2D eigenvalue weighted by Crippen LogP contribution is -2.12. The fraction of sp³-hybridized carbons (Fsp3) is 0.364. The van der Waals surface area contributed by atoms with Gasteiger partial charge in [-0.3, -0.25) is 0 Å². The summed E-state index contributed by atoms with van der Waals surface area (Å²) >= 11 is 0. The smallest absolute Gasteiger partial charge is 0.227 e. The van der Waals surface area contributed by atoms with Crippen LogP contribution in [0.1, 0.15) is 39.0 Å².